The second-order valence-electron chi connectivity index (χ2n) is 5.63. The molecule has 0 aliphatic heterocycles. The summed E-state index contributed by atoms with van der Waals surface area (Å²) in [6.07, 6.45) is 3.82. The third kappa shape index (κ3) is 3.41. The van der Waals surface area contributed by atoms with Crippen molar-refractivity contribution < 1.29 is 4.79 Å². The van der Waals surface area contributed by atoms with Crippen molar-refractivity contribution in [2.75, 3.05) is 5.32 Å². The molecule has 2 heterocycles. The lowest BCUT2D eigenvalue weighted by molar-refractivity contribution is 0.102. The standard InChI is InChI=1S/C20H14IN3O/c21-16-6-8-17(9-7-16)22-20(25)15-10-11-24-13-18(23-19(24)12-15)14-4-2-1-3-5-14/h1-13H,(H,22,25). The summed E-state index contributed by atoms with van der Waals surface area (Å²) in [5, 5.41) is 2.91. The minimum absolute atomic E-state index is 0.145. The number of carbonyl (C=O) groups excluding carboxylic acids is 1. The summed E-state index contributed by atoms with van der Waals surface area (Å²) in [5.74, 6) is -0.145. The molecule has 0 saturated carbocycles. The van der Waals surface area contributed by atoms with Crippen molar-refractivity contribution in [3.05, 3.63) is 88.3 Å². The summed E-state index contributed by atoms with van der Waals surface area (Å²) in [5.41, 5.74) is 4.04. The quantitative estimate of drug-likeness (QED) is 0.464. The normalized spacial score (nSPS) is 10.8. The Morgan fingerprint density at radius 3 is 2.52 bits per heavy atom. The minimum Gasteiger partial charge on any atom is -0.322 e. The van der Waals surface area contributed by atoms with Crippen LogP contribution in [0.2, 0.25) is 0 Å². The highest BCUT2D eigenvalue weighted by Gasteiger charge is 2.10. The molecule has 4 aromatic rings. The topological polar surface area (TPSA) is 46.4 Å². The van der Waals surface area contributed by atoms with E-state index in [9.17, 15) is 4.79 Å². The summed E-state index contributed by atoms with van der Waals surface area (Å²) in [4.78, 5) is 17.1. The first-order valence-corrected chi connectivity index (χ1v) is 8.88. The number of carbonyl (C=O) groups is 1. The van der Waals surface area contributed by atoms with E-state index in [1.165, 1.54) is 0 Å². The minimum atomic E-state index is -0.145. The number of halogens is 1. The highest BCUT2D eigenvalue weighted by Crippen LogP contribution is 2.20. The molecule has 0 aliphatic rings. The number of amides is 1. The molecule has 2 aromatic heterocycles. The van der Waals surface area contributed by atoms with E-state index in [1.807, 2.05) is 71.4 Å². The van der Waals surface area contributed by atoms with Gasteiger partial charge in [-0.05, 0) is 59.0 Å². The smallest absolute Gasteiger partial charge is 0.255 e. The molecule has 0 unspecified atom stereocenters. The number of imidazole rings is 1. The second-order valence-corrected chi connectivity index (χ2v) is 6.88. The van der Waals surface area contributed by atoms with Gasteiger partial charge in [0.15, 0.2) is 0 Å². The number of hydrogen-bond donors (Lipinski definition) is 1. The van der Waals surface area contributed by atoms with Crippen molar-refractivity contribution >= 4 is 39.8 Å². The average molecular weight is 439 g/mol. The van der Waals surface area contributed by atoms with Gasteiger partial charge in [-0.15, -0.1) is 0 Å². The number of nitrogens with zero attached hydrogens (tertiary/aromatic N) is 2. The van der Waals surface area contributed by atoms with Crippen LogP contribution in [0.1, 0.15) is 10.4 Å². The molecule has 1 amide bonds. The maximum absolute atomic E-state index is 12.5. The van der Waals surface area contributed by atoms with E-state index < -0.39 is 0 Å². The average Bonchev–Trinajstić information content (AvgIpc) is 3.07. The number of nitrogens with one attached hydrogen (secondary N) is 1. The maximum Gasteiger partial charge on any atom is 0.255 e. The number of hydrogen-bond acceptors (Lipinski definition) is 2. The summed E-state index contributed by atoms with van der Waals surface area (Å²) >= 11 is 2.23. The zero-order valence-electron chi connectivity index (χ0n) is 13.2. The van der Waals surface area contributed by atoms with Gasteiger partial charge in [-0.3, -0.25) is 4.79 Å². The van der Waals surface area contributed by atoms with Crippen molar-refractivity contribution in [1.29, 1.82) is 0 Å². The fraction of sp³-hybridized carbons (Fsp3) is 0. The molecule has 0 aliphatic carbocycles. The fourth-order valence-corrected chi connectivity index (χ4v) is 2.97. The zero-order chi connectivity index (χ0) is 17.2. The number of benzene rings is 2. The number of pyridine rings is 1. The monoisotopic (exact) mass is 439 g/mol. The predicted molar refractivity (Wildman–Crippen MR) is 108 cm³/mol. The molecule has 122 valence electrons. The largest absolute Gasteiger partial charge is 0.322 e. The first-order chi connectivity index (χ1) is 12.2. The van der Waals surface area contributed by atoms with Gasteiger partial charge in [-0.1, -0.05) is 30.3 Å². The van der Waals surface area contributed by atoms with Gasteiger partial charge in [0.25, 0.3) is 5.91 Å². The fourth-order valence-electron chi connectivity index (χ4n) is 2.61. The Hall–Kier alpha value is -2.67. The van der Waals surface area contributed by atoms with Crippen molar-refractivity contribution in [2.45, 2.75) is 0 Å². The van der Waals surface area contributed by atoms with Crippen LogP contribution < -0.4 is 5.32 Å². The lowest BCUT2D eigenvalue weighted by Gasteiger charge is -2.05. The third-order valence-electron chi connectivity index (χ3n) is 3.89. The first-order valence-electron chi connectivity index (χ1n) is 7.80. The summed E-state index contributed by atoms with van der Waals surface area (Å²) < 4.78 is 3.05. The van der Waals surface area contributed by atoms with Gasteiger partial charge in [-0.25, -0.2) is 4.98 Å². The molecule has 25 heavy (non-hydrogen) atoms. The molecule has 4 nitrogen and oxygen atoms in total. The molecule has 2 aromatic carbocycles. The van der Waals surface area contributed by atoms with E-state index in [-0.39, 0.29) is 5.91 Å². The molecule has 0 bridgehead atoms. The lowest BCUT2D eigenvalue weighted by Crippen LogP contribution is -2.12. The maximum atomic E-state index is 12.5. The van der Waals surface area contributed by atoms with Gasteiger partial charge in [-0.2, -0.15) is 0 Å². The number of fused-ring (bicyclic) bond motifs is 1. The van der Waals surface area contributed by atoms with E-state index in [4.69, 9.17) is 0 Å². The molecule has 0 radical (unpaired) electrons. The van der Waals surface area contributed by atoms with Crippen molar-refractivity contribution in [2.24, 2.45) is 0 Å². The Bertz CT molecular complexity index is 1040. The van der Waals surface area contributed by atoms with Gasteiger partial charge in [0, 0.05) is 32.8 Å². The van der Waals surface area contributed by atoms with Crippen LogP contribution in [0.5, 0.6) is 0 Å². The molecule has 0 atom stereocenters. The van der Waals surface area contributed by atoms with Crippen LogP contribution in [-0.4, -0.2) is 15.3 Å². The van der Waals surface area contributed by atoms with Gasteiger partial charge < -0.3 is 9.72 Å². The number of aromatic nitrogens is 2. The highest BCUT2D eigenvalue weighted by atomic mass is 127. The molecular formula is C20H14IN3O. The van der Waals surface area contributed by atoms with Crippen LogP contribution in [0.3, 0.4) is 0 Å². The van der Waals surface area contributed by atoms with Crippen LogP contribution in [0.15, 0.2) is 79.1 Å². The van der Waals surface area contributed by atoms with E-state index in [2.05, 4.69) is 32.9 Å². The molecule has 0 spiro atoms. The third-order valence-corrected chi connectivity index (χ3v) is 4.61. The Balaban J connectivity index is 1.62. The molecular weight excluding hydrogens is 425 g/mol. The van der Waals surface area contributed by atoms with Gasteiger partial charge >= 0.3 is 0 Å². The van der Waals surface area contributed by atoms with Crippen LogP contribution in [0.4, 0.5) is 5.69 Å². The van der Waals surface area contributed by atoms with E-state index in [0.29, 0.717) is 5.56 Å². The summed E-state index contributed by atoms with van der Waals surface area (Å²) in [6.45, 7) is 0. The molecule has 0 saturated heterocycles. The van der Waals surface area contributed by atoms with Crippen molar-refractivity contribution in [1.82, 2.24) is 9.38 Å². The van der Waals surface area contributed by atoms with Crippen LogP contribution >= 0.6 is 22.6 Å². The second kappa shape index (κ2) is 6.68. The van der Waals surface area contributed by atoms with Crippen LogP contribution in [0.25, 0.3) is 16.9 Å². The Labute approximate surface area is 158 Å². The summed E-state index contributed by atoms with van der Waals surface area (Å²) in [7, 11) is 0. The Kier molecular flexibility index (Phi) is 4.23. The predicted octanol–water partition coefficient (Wildman–Crippen LogP) is 4.86. The first kappa shape index (κ1) is 15.8. The van der Waals surface area contributed by atoms with Crippen LogP contribution in [0, 0.1) is 3.57 Å². The summed E-state index contributed by atoms with van der Waals surface area (Å²) in [6, 6.07) is 21.3. The van der Waals surface area contributed by atoms with Crippen molar-refractivity contribution in [3.63, 3.8) is 0 Å². The number of anilines is 1. The molecule has 5 heteroatoms. The molecule has 4 rings (SSSR count). The Morgan fingerprint density at radius 2 is 1.76 bits per heavy atom. The van der Waals surface area contributed by atoms with Gasteiger partial charge in [0.05, 0.1) is 5.69 Å². The zero-order valence-corrected chi connectivity index (χ0v) is 15.3. The van der Waals surface area contributed by atoms with Crippen LogP contribution in [-0.2, 0) is 0 Å². The van der Waals surface area contributed by atoms with E-state index in [1.54, 1.807) is 12.1 Å². The van der Waals surface area contributed by atoms with E-state index in [0.717, 1.165) is 26.2 Å². The molecule has 0 fully saturated rings. The highest BCUT2D eigenvalue weighted by molar-refractivity contribution is 14.1. The Morgan fingerprint density at radius 1 is 1.00 bits per heavy atom. The van der Waals surface area contributed by atoms with Gasteiger partial charge in [0.2, 0.25) is 0 Å². The molecule has 1 N–H and O–H groups in total. The lowest BCUT2D eigenvalue weighted by atomic mass is 10.2. The number of rotatable bonds is 3. The van der Waals surface area contributed by atoms with Gasteiger partial charge in [0.1, 0.15) is 5.65 Å². The SMILES string of the molecule is O=C(Nc1ccc(I)cc1)c1ccn2cc(-c3ccccc3)nc2c1. The van der Waals surface area contributed by atoms with Crippen molar-refractivity contribution in [3.8, 4) is 11.3 Å². The van der Waals surface area contributed by atoms with E-state index >= 15 is 0 Å².